The minimum absolute atomic E-state index is 0.118. The molecule has 2 N–H and O–H groups in total. The number of aromatic nitrogens is 2. The van der Waals surface area contributed by atoms with Crippen LogP contribution in [0.1, 0.15) is 25.7 Å². The quantitative estimate of drug-likeness (QED) is 0.823. The van der Waals surface area contributed by atoms with Gasteiger partial charge in [0.05, 0.1) is 19.2 Å². The van der Waals surface area contributed by atoms with Crippen LogP contribution in [-0.2, 0) is 4.79 Å². The summed E-state index contributed by atoms with van der Waals surface area (Å²) in [4.78, 5) is 24.5. The average Bonchev–Trinajstić information content (AvgIpc) is 3.23. The summed E-state index contributed by atoms with van der Waals surface area (Å²) in [5.74, 6) is 1.58. The number of nitrogens with one attached hydrogen (secondary N) is 1. The van der Waals surface area contributed by atoms with Gasteiger partial charge in [-0.15, -0.1) is 0 Å². The molecule has 7 heteroatoms. The topological polar surface area (TPSA) is 81.6 Å². The fraction of sp³-hybridized carbons (Fsp3) is 0.667. The molecule has 0 aliphatic carbocycles. The zero-order chi connectivity index (χ0) is 15.4. The van der Waals surface area contributed by atoms with Gasteiger partial charge in [-0.1, -0.05) is 0 Å². The Kier molecular flexibility index (Phi) is 4.72. The first-order chi connectivity index (χ1) is 10.8. The molecular formula is C15H23N5O2. The fourth-order valence-corrected chi connectivity index (χ4v) is 3.17. The number of rotatable bonds is 5. The number of amides is 1. The third-order valence-corrected chi connectivity index (χ3v) is 4.41. The molecule has 1 atom stereocenters. The van der Waals surface area contributed by atoms with Gasteiger partial charge in [-0.2, -0.15) is 0 Å². The second kappa shape index (κ2) is 6.91. The molecule has 0 spiro atoms. The van der Waals surface area contributed by atoms with Crippen molar-refractivity contribution in [3.05, 3.63) is 12.4 Å². The minimum atomic E-state index is 0.118. The number of anilines is 2. The minimum Gasteiger partial charge on any atom is -0.394 e. The first-order valence-electron chi connectivity index (χ1n) is 7.99. The highest BCUT2D eigenvalue weighted by Crippen LogP contribution is 2.24. The highest BCUT2D eigenvalue weighted by atomic mass is 16.3. The van der Waals surface area contributed by atoms with Crippen molar-refractivity contribution in [1.29, 1.82) is 0 Å². The van der Waals surface area contributed by atoms with Gasteiger partial charge in [0.15, 0.2) is 0 Å². The Labute approximate surface area is 130 Å². The molecule has 1 unspecified atom stereocenters. The van der Waals surface area contributed by atoms with Crippen LogP contribution in [0.4, 0.5) is 11.6 Å². The van der Waals surface area contributed by atoms with Crippen LogP contribution >= 0.6 is 0 Å². The van der Waals surface area contributed by atoms with E-state index in [1.165, 1.54) is 6.33 Å². The Bertz CT molecular complexity index is 518. The third kappa shape index (κ3) is 3.30. The molecule has 120 valence electrons. The number of likely N-dealkylation sites (tertiary alicyclic amines) is 1. The van der Waals surface area contributed by atoms with Crippen LogP contribution in [0.5, 0.6) is 0 Å². The van der Waals surface area contributed by atoms with Crippen LogP contribution in [0, 0.1) is 0 Å². The fourth-order valence-electron chi connectivity index (χ4n) is 3.17. The van der Waals surface area contributed by atoms with Crippen molar-refractivity contribution in [1.82, 2.24) is 14.9 Å². The lowest BCUT2D eigenvalue weighted by Gasteiger charge is -2.24. The Morgan fingerprint density at radius 2 is 2.09 bits per heavy atom. The molecule has 7 nitrogen and oxygen atoms in total. The van der Waals surface area contributed by atoms with E-state index in [1.807, 2.05) is 11.0 Å². The van der Waals surface area contributed by atoms with E-state index in [1.54, 1.807) is 0 Å². The van der Waals surface area contributed by atoms with Crippen molar-refractivity contribution in [2.24, 2.45) is 0 Å². The van der Waals surface area contributed by atoms with Crippen molar-refractivity contribution in [2.45, 2.75) is 31.7 Å². The molecule has 1 aromatic heterocycles. The molecule has 22 heavy (non-hydrogen) atoms. The standard InChI is InChI=1S/C15H23N5O2/c21-10-12-4-3-7-20(12)14-8-13(17-11-18-14)16-9-15(22)19-5-1-2-6-19/h8,11-12,21H,1-7,9-10H2,(H,16,17,18). The van der Waals surface area contributed by atoms with Crippen LogP contribution in [0.15, 0.2) is 12.4 Å². The first kappa shape index (κ1) is 15.0. The van der Waals surface area contributed by atoms with Gasteiger partial charge in [0.2, 0.25) is 5.91 Å². The van der Waals surface area contributed by atoms with Crippen molar-refractivity contribution in [2.75, 3.05) is 43.0 Å². The summed E-state index contributed by atoms with van der Waals surface area (Å²) in [5, 5.41) is 12.5. The van der Waals surface area contributed by atoms with Crippen LogP contribution < -0.4 is 10.2 Å². The molecule has 0 radical (unpaired) electrons. The number of carbonyl (C=O) groups excluding carboxylic acids is 1. The average molecular weight is 305 g/mol. The summed E-state index contributed by atoms with van der Waals surface area (Å²) >= 11 is 0. The Balaban J connectivity index is 1.60. The van der Waals surface area contributed by atoms with Crippen molar-refractivity contribution < 1.29 is 9.90 Å². The van der Waals surface area contributed by atoms with Gasteiger partial charge in [0, 0.05) is 25.7 Å². The van der Waals surface area contributed by atoms with Gasteiger partial charge in [-0.25, -0.2) is 9.97 Å². The molecule has 1 amide bonds. The molecule has 2 aliphatic rings. The molecule has 0 bridgehead atoms. The zero-order valence-corrected chi connectivity index (χ0v) is 12.7. The van der Waals surface area contributed by atoms with Gasteiger partial charge in [-0.05, 0) is 25.7 Å². The van der Waals surface area contributed by atoms with Crippen molar-refractivity contribution in [3.63, 3.8) is 0 Å². The highest BCUT2D eigenvalue weighted by Gasteiger charge is 2.25. The molecule has 3 rings (SSSR count). The molecule has 3 heterocycles. The van der Waals surface area contributed by atoms with Crippen LogP contribution in [0.25, 0.3) is 0 Å². The monoisotopic (exact) mass is 305 g/mol. The van der Waals surface area contributed by atoms with E-state index in [9.17, 15) is 9.90 Å². The third-order valence-electron chi connectivity index (χ3n) is 4.41. The van der Waals surface area contributed by atoms with Gasteiger partial charge in [-0.3, -0.25) is 4.79 Å². The van der Waals surface area contributed by atoms with E-state index in [0.29, 0.717) is 5.82 Å². The van der Waals surface area contributed by atoms with E-state index < -0.39 is 0 Å². The maximum atomic E-state index is 12.0. The Hall–Kier alpha value is -1.89. The number of aliphatic hydroxyl groups excluding tert-OH is 1. The van der Waals surface area contributed by atoms with E-state index in [4.69, 9.17) is 0 Å². The summed E-state index contributed by atoms with van der Waals surface area (Å²) in [7, 11) is 0. The Morgan fingerprint density at radius 1 is 1.27 bits per heavy atom. The van der Waals surface area contributed by atoms with E-state index in [2.05, 4.69) is 20.2 Å². The highest BCUT2D eigenvalue weighted by molar-refractivity contribution is 5.80. The van der Waals surface area contributed by atoms with Crippen molar-refractivity contribution in [3.8, 4) is 0 Å². The molecule has 2 saturated heterocycles. The SMILES string of the molecule is O=C(CNc1cc(N2CCCC2CO)ncn1)N1CCCC1. The molecular weight excluding hydrogens is 282 g/mol. The summed E-state index contributed by atoms with van der Waals surface area (Å²) < 4.78 is 0. The lowest BCUT2D eigenvalue weighted by molar-refractivity contribution is -0.128. The maximum absolute atomic E-state index is 12.0. The predicted octanol–water partition coefficient (Wildman–Crippen LogP) is 0.472. The lowest BCUT2D eigenvalue weighted by Crippen LogP contribution is -2.34. The van der Waals surface area contributed by atoms with Gasteiger partial charge in [0.1, 0.15) is 18.0 Å². The van der Waals surface area contributed by atoms with E-state index in [-0.39, 0.29) is 25.1 Å². The summed E-state index contributed by atoms with van der Waals surface area (Å²) in [6.45, 7) is 3.03. The number of aliphatic hydroxyl groups is 1. The number of hydrogen-bond acceptors (Lipinski definition) is 6. The number of hydrogen-bond donors (Lipinski definition) is 2. The molecule has 1 aromatic rings. The molecule has 2 fully saturated rings. The van der Waals surface area contributed by atoms with E-state index in [0.717, 1.165) is 51.1 Å². The summed E-state index contributed by atoms with van der Waals surface area (Å²) in [6.07, 6.45) is 5.74. The van der Waals surface area contributed by atoms with Gasteiger partial charge in [0.25, 0.3) is 0 Å². The smallest absolute Gasteiger partial charge is 0.241 e. The predicted molar refractivity (Wildman–Crippen MR) is 83.8 cm³/mol. The molecule has 0 aromatic carbocycles. The number of nitrogens with zero attached hydrogens (tertiary/aromatic N) is 4. The van der Waals surface area contributed by atoms with Crippen LogP contribution in [0.3, 0.4) is 0 Å². The Morgan fingerprint density at radius 3 is 2.86 bits per heavy atom. The largest absolute Gasteiger partial charge is 0.394 e. The van der Waals surface area contributed by atoms with Crippen LogP contribution in [0.2, 0.25) is 0 Å². The lowest BCUT2D eigenvalue weighted by atomic mass is 10.2. The molecule has 0 saturated carbocycles. The maximum Gasteiger partial charge on any atom is 0.241 e. The van der Waals surface area contributed by atoms with Crippen molar-refractivity contribution >= 4 is 17.5 Å². The van der Waals surface area contributed by atoms with Gasteiger partial charge < -0.3 is 20.2 Å². The summed E-state index contributed by atoms with van der Waals surface area (Å²) in [6, 6.07) is 1.99. The number of carbonyl (C=O) groups is 1. The second-order valence-corrected chi connectivity index (χ2v) is 5.87. The zero-order valence-electron chi connectivity index (χ0n) is 12.7. The molecule has 2 aliphatic heterocycles. The second-order valence-electron chi connectivity index (χ2n) is 5.87. The summed E-state index contributed by atoms with van der Waals surface area (Å²) in [5.41, 5.74) is 0. The first-order valence-corrected chi connectivity index (χ1v) is 7.99. The van der Waals surface area contributed by atoms with Crippen LogP contribution in [-0.4, -0.2) is 64.7 Å². The van der Waals surface area contributed by atoms with Gasteiger partial charge >= 0.3 is 0 Å². The normalized spacial score (nSPS) is 21.4. The van der Waals surface area contributed by atoms with E-state index >= 15 is 0 Å².